The van der Waals surface area contributed by atoms with Crippen LogP contribution in [0.1, 0.15) is 21.7 Å². The summed E-state index contributed by atoms with van der Waals surface area (Å²) < 4.78 is 17.1. The van der Waals surface area contributed by atoms with Crippen LogP contribution in [-0.4, -0.2) is 54.4 Å². The van der Waals surface area contributed by atoms with E-state index in [9.17, 15) is 9.59 Å². The van der Waals surface area contributed by atoms with E-state index in [1.165, 1.54) is 17.8 Å². The molecule has 2 heterocycles. The maximum atomic E-state index is 13.1. The molecule has 2 N–H and O–H groups in total. The number of rotatable bonds is 8. The van der Waals surface area contributed by atoms with E-state index in [0.717, 1.165) is 24.4 Å². The van der Waals surface area contributed by atoms with E-state index in [2.05, 4.69) is 15.5 Å². The summed E-state index contributed by atoms with van der Waals surface area (Å²) in [5.74, 6) is 0.288. The first kappa shape index (κ1) is 26.5. The van der Waals surface area contributed by atoms with Crippen molar-refractivity contribution < 1.29 is 23.5 Å². The van der Waals surface area contributed by atoms with Gasteiger partial charge in [-0.3, -0.25) is 9.59 Å². The molecule has 0 unspecified atom stereocenters. The molecule has 2 aromatic carbocycles. The molecule has 0 atom stereocenters. The number of nitrogens with one attached hydrogen (secondary N) is 2. The SMILES string of the molecule is COc1ccc(CNC(=O)C(=Cc2ccc(SC(=S)N3CCOCC3)o2)NC(=O)c2ccccc2)cc1. The Labute approximate surface area is 225 Å². The molecule has 0 radical (unpaired) electrons. The Balaban J connectivity index is 1.47. The molecule has 1 saturated heterocycles. The zero-order chi connectivity index (χ0) is 26.0. The molecule has 8 nitrogen and oxygen atoms in total. The fourth-order valence-corrected chi connectivity index (χ4v) is 4.66. The number of thioether (sulfide) groups is 1. The van der Waals surface area contributed by atoms with Crippen LogP contribution < -0.4 is 15.4 Å². The molecular formula is C27H27N3O5S2. The summed E-state index contributed by atoms with van der Waals surface area (Å²) in [4.78, 5) is 28.0. The van der Waals surface area contributed by atoms with Gasteiger partial charge in [0.1, 0.15) is 21.5 Å². The smallest absolute Gasteiger partial charge is 0.268 e. The number of thiocarbonyl (C=S) groups is 1. The van der Waals surface area contributed by atoms with Crippen LogP contribution in [0.4, 0.5) is 0 Å². The Bertz CT molecular complexity index is 1250. The molecule has 37 heavy (non-hydrogen) atoms. The monoisotopic (exact) mass is 537 g/mol. The summed E-state index contributed by atoms with van der Waals surface area (Å²) in [5, 5.41) is 6.15. The molecule has 0 spiro atoms. The van der Waals surface area contributed by atoms with Gasteiger partial charge in [-0.15, -0.1) is 0 Å². The first-order valence-corrected chi connectivity index (χ1v) is 12.9. The van der Waals surface area contributed by atoms with E-state index in [1.54, 1.807) is 43.5 Å². The van der Waals surface area contributed by atoms with Crippen LogP contribution in [0.25, 0.3) is 6.08 Å². The highest BCUT2D eigenvalue weighted by Crippen LogP contribution is 2.26. The van der Waals surface area contributed by atoms with E-state index < -0.39 is 11.8 Å². The zero-order valence-corrected chi connectivity index (χ0v) is 21.9. The van der Waals surface area contributed by atoms with Crippen LogP contribution >= 0.6 is 24.0 Å². The Morgan fingerprint density at radius 3 is 2.49 bits per heavy atom. The van der Waals surface area contributed by atoms with Crippen molar-refractivity contribution in [3.05, 3.63) is 89.3 Å². The number of hydrogen-bond donors (Lipinski definition) is 2. The lowest BCUT2D eigenvalue weighted by Crippen LogP contribution is -2.38. The fourth-order valence-electron chi connectivity index (χ4n) is 3.47. The number of amides is 2. The van der Waals surface area contributed by atoms with Crippen LogP contribution in [0.2, 0.25) is 0 Å². The summed E-state index contributed by atoms with van der Waals surface area (Å²) in [7, 11) is 1.60. The van der Waals surface area contributed by atoms with Gasteiger partial charge in [-0.05, 0) is 53.7 Å². The maximum Gasteiger partial charge on any atom is 0.268 e. The number of furan rings is 1. The van der Waals surface area contributed by atoms with Gasteiger partial charge in [0.2, 0.25) is 0 Å². The van der Waals surface area contributed by atoms with Gasteiger partial charge in [0, 0.05) is 31.3 Å². The number of methoxy groups -OCH3 is 1. The van der Waals surface area contributed by atoms with E-state index in [0.29, 0.717) is 34.0 Å². The van der Waals surface area contributed by atoms with Crippen LogP contribution in [-0.2, 0) is 16.1 Å². The summed E-state index contributed by atoms with van der Waals surface area (Å²) in [6, 6.07) is 19.6. The normalized spacial score (nSPS) is 13.6. The van der Waals surface area contributed by atoms with Crippen LogP contribution in [0, 0.1) is 0 Å². The highest BCUT2D eigenvalue weighted by molar-refractivity contribution is 8.22. The van der Waals surface area contributed by atoms with Gasteiger partial charge in [0.05, 0.1) is 20.3 Å². The second-order valence-corrected chi connectivity index (χ2v) is 9.67. The zero-order valence-electron chi connectivity index (χ0n) is 20.3. The third-order valence-corrected chi connectivity index (χ3v) is 6.85. The highest BCUT2D eigenvalue weighted by atomic mass is 32.2. The number of carbonyl (C=O) groups excluding carboxylic acids is 2. The van der Waals surface area contributed by atoms with Crippen LogP contribution in [0.15, 0.2) is 81.9 Å². The second-order valence-electron chi connectivity index (χ2n) is 8.03. The van der Waals surface area contributed by atoms with Gasteiger partial charge >= 0.3 is 0 Å². The minimum Gasteiger partial charge on any atom is -0.497 e. The highest BCUT2D eigenvalue weighted by Gasteiger charge is 2.18. The molecule has 1 aliphatic heterocycles. The quantitative estimate of drug-likeness (QED) is 0.252. The van der Waals surface area contributed by atoms with Gasteiger partial charge in [-0.25, -0.2) is 0 Å². The van der Waals surface area contributed by atoms with Crippen molar-refractivity contribution in [2.24, 2.45) is 0 Å². The van der Waals surface area contributed by atoms with Gasteiger partial charge in [0.15, 0.2) is 5.09 Å². The first-order chi connectivity index (χ1) is 18.0. The molecule has 4 rings (SSSR count). The predicted molar refractivity (Wildman–Crippen MR) is 146 cm³/mol. The van der Waals surface area contributed by atoms with Crippen molar-refractivity contribution in [2.45, 2.75) is 11.6 Å². The van der Waals surface area contributed by atoms with Gasteiger partial charge in [0.25, 0.3) is 11.8 Å². The molecule has 2 amide bonds. The van der Waals surface area contributed by atoms with Crippen molar-refractivity contribution in [2.75, 3.05) is 33.4 Å². The Hall–Kier alpha value is -3.60. The largest absolute Gasteiger partial charge is 0.497 e. The van der Waals surface area contributed by atoms with Gasteiger partial charge in [-0.2, -0.15) is 0 Å². The summed E-state index contributed by atoms with van der Waals surface area (Å²) in [6.45, 7) is 3.03. The van der Waals surface area contributed by atoms with Crippen molar-refractivity contribution in [1.29, 1.82) is 0 Å². The van der Waals surface area contributed by atoms with Crippen molar-refractivity contribution in [3.63, 3.8) is 0 Å². The molecule has 1 aromatic heterocycles. The minimum absolute atomic E-state index is 0.0593. The molecule has 192 valence electrons. The molecule has 3 aromatic rings. The second kappa shape index (κ2) is 13.1. The Morgan fingerprint density at radius 2 is 1.78 bits per heavy atom. The molecule has 0 bridgehead atoms. The van der Waals surface area contributed by atoms with Crippen LogP contribution in [0.3, 0.4) is 0 Å². The van der Waals surface area contributed by atoms with Crippen LogP contribution in [0.5, 0.6) is 5.75 Å². The first-order valence-electron chi connectivity index (χ1n) is 11.7. The fraction of sp³-hybridized carbons (Fsp3) is 0.222. The topological polar surface area (TPSA) is 93.0 Å². The molecule has 1 fully saturated rings. The molecule has 1 aliphatic rings. The van der Waals surface area contributed by atoms with Crippen molar-refractivity contribution in [3.8, 4) is 5.75 Å². The number of ether oxygens (including phenoxy) is 2. The van der Waals surface area contributed by atoms with Crippen molar-refractivity contribution >= 4 is 46.2 Å². The van der Waals surface area contributed by atoms with E-state index in [4.69, 9.17) is 26.1 Å². The predicted octanol–water partition coefficient (Wildman–Crippen LogP) is 4.08. The lowest BCUT2D eigenvalue weighted by atomic mass is 10.2. The lowest BCUT2D eigenvalue weighted by molar-refractivity contribution is -0.117. The average molecular weight is 538 g/mol. The summed E-state index contributed by atoms with van der Waals surface area (Å²) >= 11 is 6.87. The summed E-state index contributed by atoms with van der Waals surface area (Å²) in [6.07, 6.45) is 1.51. The third kappa shape index (κ3) is 7.69. The molecule has 0 saturated carbocycles. The number of benzene rings is 2. The third-order valence-electron chi connectivity index (χ3n) is 5.49. The number of morpholine rings is 1. The van der Waals surface area contributed by atoms with Gasteiger partial charge in [-0.1, -0.05) is 42.5 Å². The Morgan fingerprint density at radius 1 is 1.05 bits per heavy atom. The number of hydrogen-bond acceptors (Lipinski definition) is 7. The van der Waals surface area contributed by atoms with E-state index in [1.807, 2.05) is 30.3 Å². The minimum atomic E-state index is -0.450. The molecular weight excluding hydrogens is 510 g/mol. The van der Waals surface area contributed by atoms with Gasteiger partial charge < -0.3 is 29.4 Å². The Kier molecular flexibility index (Phi) is 9.36. The number of carbonyl (C=O) groups is 2. The standard InChI is InChI=1S/C27H27N3O5S2/c1-33-21-9-7-19(8-10-21)18-28-26(32)23(29-25(31)20-5-3-2-4-6-20)17-22-11-12-24(35-22)37-27(36)30-13-15-34-16-14-30/h2-12,17H,13-16,18H2,1H3,(H,28,32)(H,29,31). The van der Waals surface area contributed by atoms with E-state index in [-0.39, 0.29) is 12.2 Å². The van der Waals surface area contributed by atoms with Crippen molar-refractivity contribution in [1.82, 2.24) is 15.5 Å². The lowest BCUT2D eigenvalue weighted by Gasteiger charge is -2.28. The average Bonchev–Trinajstić information content (AvgIpc) is 3.39. The van der Waals surface area contributed by atoms with E-state index >= 15 is 0 Å². The maximum absolute atomic E-state index is 13.1. The number of nitrogens with zero attached hydrogens (tertiary/aromatic N) is 1. The summed E-state index contributed by atoms with van der Waals surface area (Å²) in [5.41, 5.74) is 1.38. The molecule has 10 heteroatoms. The molecule has 0 aliphatic carbocycles.